The van der Waals surface area contributed by atoms with Gasteiger partial charge in [0.05, 0.1) is 6.42 Å². The predicted octanol–water partition coefficient (Wildman–Crippen LogP) is 4.02. The third-order valence-electron chi connectivity index (χ3n) is 3.85. The van der Waals surface area contributed by atoms with Crippen LogP contribution in [0.4, 0.5) is 10.1 Å². The molecule has 3 rings (SSSR count). The Kier molecular flexibility index (Phi) is 3.81. The summed E-state index contributed by atoms with van der Waals surface area (Å²) in [5, 5.41) is 0. The summed E-state index contributed by atoms with van der Waals surface area (Å²) in [6.45, 7) is 0. The Hall–Kier alpha value is -1.68. The third-order valence-corrected chi connectivity index (χ3v) is 4.70. The molecule has 4 heteroatoms. The molecule has 0 saturated carbocycles. The summed E-state index contributed by atoms with van der Waals surface area (Å²) in [6, 6.07) is 12.7. The highest BCUT2D eigenvalue weighted by Crippen LogP contribution is 2.34. The van der Waals surface area contributed by atoms with E-state index in [1.165, 1.54) is 6.07 Å². The zero-order valence-electron chi connectivity index (χ0n) is 11.6. The molecule has 0 aliphatic carbocycles. The summed E-state index contributed by atoms with van der Waals surface area (Å²) >= 11 is 3.66. The minimum Gasteiger partial charge on any atom is -0.315 e. The minimum absolute atomic E-state index is 0.102. The van der Waals surface area contributed by atoms with E-state index in [1.807, 2.05) is 18.2 Å². The van der Waals surface area contributed by atoms with Gasteiger partial charge in [0, 0.05) is 17.6 Å². The van der Waals surface area contributed by atoms with Gasteiger partial charge in [0.25, 0.3) is 0 Å². The van der Waals surface area contributed by atoms with E-state index in [-0.39, 0.29) is 16.6 Å². The first-order chi connectivity index (χ1) is 10.0. The van der Waals surface area contributed by atoms with E-state index in [1.54, 1.807) is 24.1 Å². The average Bonchev–Trinajstić information content (AvgIpc) is 2.73. The lowest BCUT2D eigenvalue weighted by Gasteiger charge is -2.14. The molecule has 2 aromatic carbocycles. The zero-order valence-corrected chi connectivity index (χ0v) is 13.2. The van der Waals surface area contributed by atoms with E-state index in [0.29, 0.717) is 12.8 Å². The van der Waals surface area contributed by atoms with Gasteiger partial charge in [0.15, 0.2) is 0 Å². The number of hydrogen-bond acceptors (Lipinski definition) is 1. The van der Waals surface area contributed by atoms with Crippen molar-refractivity contribution in [2.75, 3.05) is 11.9 Å². The standard InChI is InChI=1S/C17H15BrFNO/c1-20-16-6-5-12(9-13(16)10-17(20)21)15(18)8-11-3-2-4-14(19)7-11/h2-7,9,15H,8,10H2,1H3. The molecule has 0 aromatic heterocycles. The number of halogens is 2. The van der Waals surface area contributed by atoms with Crippen molar-refractivity contribution in [1.82, 2.24) is 0 Å². The molecule has 0 fully saturated rings. The monoisotopic (exact) mass is 347 g/mol. The van der Waals surface area contributed by atoms with Gasteiger partial charge in [0.2, 0.25) is 5.91 Å². The topological polar surface area (TPSA) is 20.3 Å². The summed E-state index contributed by atoms with van der Waals surface area (Å²) < 4.78 is 13.2. The molecule has 2 nitrogen and oxygen atoms in total. The lowest BCUT2D eigenvalue weighted by Crippen LogP contribution is -2.20. The lowest BCUT2D eigenvalue weighted by atomic mass is 10.0. The quantitative estimate of drug-likeness (QED) is 0.767. The summed E-state index contributed by atoms with van der Waals surface area (Å²) in [5.74, 6) is -0.0909. The molecule has 2 aromatic rings. The smallest absolute Gasteiger partial charge is 0.231 e. The van der Waals surface area contributed by atoms with Gasteiger partial charge in [-0.2, -0.15) is 0 Å². The van der Waals surface area contributed by atoms with Crippen LogP contribution in [-0.4, -0.2) is 13.0 Å². The Morgan fingerprint density at radius 1 is 1.29 bits per heavy atom. The van der Waals surface area contributed by atoms with Gasteiger partial charge in [-0.05, 0) is 41.3 Å². The van der Waals surface area contributed by atoms with Gasteiger partial charge in [-0.1, -0.05) is 40.2 Å². The average molecular weight is 348 g/mol. The summed E-state index contributed by atoms with van der Waals surface area (Å²) in [5.41, 5.74) is 4.10. The molecule has 0 N–H and O–H groups in total. The fraction of sp³-hybridized carbons (Fsp3) is 0.235. The number of likely N-dealkylation sites (N-methyl/N-ethyl adjacent to an activating group) is 1. The van der Waals surface area contributed by atoms with Crippen LogP contribution in [0.25, 0.3) is 0 Å². The third kappa shape index (κ3) is 2.86. The van der Waals surface area contributed by atoms with Crippen molar-refractivity contribution < 1.29 is 9.18 Å². The maximum Gasteiger partial charge on any atom is 0.231 e. The van der Waals surface area contributed by atoms with Crippen LogP contribution in [0, 0.1) is 5.82 Å². The number of hydrogen-bond donors (Lipinski definition) is 0. The van der Waals surface area contributed by atoms with Crippen molar-refractivity contribution in [2.24, 2.45) is 0 Å². The van der Waals surface area contributed by atoms with Crippen LogP contribution in [0.15, 0.2) is 42.5 Å². The first-order valence-corrected chi connectivity index (χ1v) is 7.74. The van der Waals surface area contributed by atoms with Gasteiger partial charge in [-0.3, -0.25) is 4.79 Å². The predicted molar refractivity (Wildman–Crippen MR) is 85.3 cm³/mol. The van der Waals surface area contributed by atoms with Crippen LogP contribution in [0.3, 0.4) is 0 Å². The highest BCUT2D eigenvalue weighted by Gasteiger charge is 2.24. The second-order valence-electron chi connectivity index (χ2n) is 5.32. The highest BCUT2D eigenvalue weighted by molar-refractivity contribution is 9.09. The van der Waals surface area contributed by atoms with Gasteiger partial charge in [-0.15, -0.1) is 0 Å². The van der Waals surface area contributed by atoms with Crippen LogP contribution in [0.5, 0.6) is 0 Å². The Labute approximate surface area is 131 Å². The number of benzene rings is 2. The maximum atomic E-state index is 13.2. The normalized spacial score (nSPS) is 15.2. The molecule has 1 aliphatic heterocycles. The Morgan fingerprint density at radius 3 is 2.86 bits per heavy atom. The molecule has 0 bridgehead atoms. The molecule has 1 amide bonds. The molecular formula is C17H15BrFNO. The summed E-state index contributed by atoms with van der Waals surface area (Å²) in [7, 11) is 1.80. The number of amides is 1. The van der Waals surface area contributed by atoms with Crippen LogP contribution in [0.1, 0.15) is 21.5 Å². The van der Waals surface area contributed by atoms with E-state index < -0.39 is 0 Å². The molecule has 108 valence electrons. The van der Waals surface area contributed by atoms with E-state index in [4.69, 9.17) is 0 Å². The molecule has 21 heavy (non-hydrogen) atoms. The largest absolute Gasteiger partial charge is 0.315 e. The van der Waals surface area contributed by atoms with Crippen molar-refractivity contribution in [3.63, 3.8) is 0 Å². The number of rotatable bonds is 3. The van der Waals surface area contributed by atoms with Crippen molar-refractivity contribution in [3.8, 4) is 0 Å². The van der Waals surface area contributed by atoms with Gasteiger partial charge in [-0.25, -0.2) is 4.39 Å². The summed E-state index contributed by atoms with van der Waals surface area (Å²) in [6.07, 6.45) is 1.17. The first kappa shape index (κ1) is 14.3. The van der Waals surface area contributed by atoms with Crippen LogP contribution < -0.4 is 4.90 Å². The molecule has 1 atom stereocenters. The molecule has 0 spiro atoms. The molecular weight excluding hydrogens is 333 g/mol. The van der Waals surface area contributed by atoms with Crippen molar-refractivity contribution in [1.29, 1.82) is 0 Å². The number of carbonyl (C=O) groups is 1. The second-order valence-corrected chi connectivity index (χ2v) is 6.42. The Bertz CT molecular complexity index is 701. The fourth-order valence-electron chi connectivity index (χ4n) is 2.67. The molecule has 0 saturated heterocycles. The van der Waals surface area contributed by atoms with E-state index in [2.05, 4.69) is 22.0 Å². The van der Waals surface area contributed by atoms with E-state index in [9.17, 15) is 9.18 Å². The zero-order chi connectivity index (χ0) is 15.0. The fourth-order valence-corrected chi connectivity index (χ4v) is 3.33. The van der Waals surface area contributed by atoms with Crippen molar-refractivity contribution in [2.45, 2.75) is 17.7 Å². The Balaban J connectivity index is 1.81. The van der Waals surface area contributed by atoms with E-state index in [0.717, 1.165) is 22.4 Å². The van der Waals surface area contributed by atoms with Crippen LogP contribution in [-0.2, 0) is 17.6 Å². The number of fused-ring (bicyclic) bond motifs is 1. The number of alkyl halides is 1. The Morgan fingerprint density at radius 2 is 2.10 bits per heavy atom. The van der Waals surface area contributed by atoms with Crippen molar-refractivity contribution >= 4 is 27.5 Å². The van der Waals surface area contributed by atoms with Crippen LogP contribution in [0.2, 0.25) is 0 Å². The van der Waals surface area contributed by atoms with E-state index >= 15 is 0 Å². The molecule has 1 unspecified atom stereocenters. The number of carbonyl (C=O) groups excluding carboxylic acids is 1. The maximum absolute atomic E-state index is 13.2. The second kappa shape index (κ2) is 5.60. The van der Waals surface area contributed by atoms with Crippen LogP contribution >= 0.6 is 15.9 Å². The highest BCUT2D eigenvalue weighted by atomic mass is 79.9. The van der Waals surface area contributed by atoms with Gasteiger partial charge >= 0.3 is 0 Å². The molecule has 0 radical (unpaired) electrons. The molecule has 1 heterocycles. The molecule has 1 aliphatic rings. The minimum atomic E-state index is -0.214. The van der Waals surface area contributed by atoms with Gasteiger partial charge < -0.3 is 4.90 Å². The SMILES string of the molecule is CN1C(=O)Cc2cc(C(Br)Cc3cccc(F)c3)ccc21. The number of nitrogens with zero attached hydrogens (tertiary/aromatic N) is 1. The van der Waals surface area contributed by atoms with Gasteiger partial charge in [0.1, 0.15) is 5.82 Å². The first-order valence-electron chi connectivity index (χ1n) is 6.82. The van der Waals surface area contributed by atoms with Crippen molar-refractivity contribution in [3.05, 3.63) is 65.0 Å². The number of anilines is 1. The lowest BCUT2D eigenvalue weighted by molar-refractivity contribution is -0.117. The summed E-state index contributed by atoms with van der Waals surface area (Å²) in [4.78, 5) is 13.5.